The van der Waals surface area contributed by atoms with Gasteiger partial charge >= 0.3 is 0 Å². The molecule has 0 saturated heterocycles. The summed E-state index contributed by atoms with van der Waals surface area (Å²) in [6.45, 7) is 3.63. The van der Waals surface area contributed by atoms with E-state index in [9.17, 15) is 13.6 Å². The number of para-hydroxylation sites is 1. The predicted octanol–water partition coefficient (Wildman–Crippen LogP) is 3.45. The molecule has 0 radical (unpaired) electrons. The van der Waals surface area contributed by atoms with Crippen LogP contribution in [-0.4, -0.2) is 26.1 Å². The van der Waals surface area contributed by atoms with Crippen LogP contribution in [0.1, 0.15) is 19.9 Å². The third kappa shape index (κ3) is 3.74. The Kier molecular flexibility index (Phi) is 5.01. The summed E-state index contributed by atoms with van der Waals surface area (Å²) in [6, 6.07) is 10.9. The van der Waals surface area contributed by atoms with E-state index < -0.39 is 23.6 Å². The molecule has 0 fully saturated rings. The highest BCUT2D eigenvalue weighted by Gasteiger charge is 2.28. The van der Waals surface area contributed by atoms with Gasteiger partial charge in [0.05, 0.1) is 5.69 Å². The maximum atomic E-state index is 13.8. The first-order valence-electron chi connectivity index (χ1n) is 8.06. The molecule has 1 aromatic heterocycles. The summed E-state index contributed by atoms with van der Waals surface area (Å²) in [6.07, 6.45) is 0. The van der Waals surface area contributed by atoms with E-state index in [4.69, 9.17) is 0 Å². The Morgan fingerprint density at radius 2 is 1.88 bits per heavy atom. The average Bonchev–Trinajstić information content (AvgIpc) is 3.06. The molecule has 0 aliphatic carbocycles. The molecular formula is C18H17F2N5O. The topological polar surface area (TPSA) is 72.7 Å². The standard InChI is InChI=1S/C18H17F2N5O/c1-11(2)16(18(26)21-15-9-4-3-8-14(15)20)25-23-17(22-24-25)12-6-5-7-13(19)10-12/h3-11,16H,1-2H3,(H,21,26). The summed E-state index contributed by atoms with van der Waals surface area (Å²) in [7, 11) is 0. The van der Waals surface area contributed by atoms with Crippen LogP contribution in [0.3, 0.4) is 0 Å². The van der Waals surface area contributed by atoms with Gasteiger partial charge in [-0.3, -0.25) is 4.79 Å². The zero-order valence-corrected chi connectivity index (χ0v) is 14.2. The Morgan fingerprint density at radius 3 is 2.58 bits per heavy atom. The summed E-state index contributed by atoms with van der Waals surface area (Å²) in [4.78, 5) is 13.8. The number of amides is 1. The first kappa shape index (κ1) is 17.7. The second-order valence-electron chi connectivity index (χ2n) is 6.10. The maximum absolute atomic E-state index is 13.8. The molecule has 3 rings (SSSR count). The summed E-state index contributed by atoms with van der Waals surface area (Å²) in [5, 5.41) is 14.6. The molecule has 0 aliphatic rings. The number of tetrazole rings is 1. The first-order chi connectivity index (χ1) is 12.5. The zero-order valence-electron chi connectivity index (χ0n) is 14.2. The van der Waals surface area contributed by atoms with Gasteiger partial charge in [0.25, 0.3) is 5.91 Å². The quantitative estimate of drug-likeness (QED) is 0.759. The molecule has 1 atom stereocenters. The van der Waals surface area contributed by atoms with E-state index in [1.165, 1.54) is 41.2 Å². The normalized spacial score (nSPS) is 12.2. The number of nitrogens with one attached hydrogen (secondary N) is 1. The fourth-order valence-electron chi connectivity index (χ4n) is 2.53. The van der Waals surface area contributed by atoms with Crippen molar-refractivity contribution in [2.24, 2.45) is 5.92 Å². The summed E-state index contributed by atoms with van der Waals surface area (Å²) in [5.74, 6) is -1.40. The molecule has 1 amide bonds. The fraction of sp³-hybridized carbons (Fsp3) is 0.222. The third-order valence-electron chi connectivity index (χ3n) is 3.79. The maximum Gasteiger partial charge on any atom is 0.251 e. The lowest BCUT2D eigenvalue weighted by atomic mass is 10.0. The van der Waals surface area contributed by atoms with Gasteiger partial charge < -0.3 is 5.32 Å². The number of rotatable bonds is 5. The average molecular weight is 357 g/mol. The lowest BCUT2D eigenvalue weighted by Crippen LogP contribution is -2.31. The van der Waals surface area contributed by atoms with Crippen LogP contribution in [0, 0.1) is 17.6 Å². The van der Waals surface area contributed by atoms with Crippen molar-refractivity contribution in [3.8, 4) is 11.4 Å². The molecule has 3 aromatic rings. The van der Waals surface area contributed by atoms with E-state index >= 15 is 0 Å². The number of carbonyl (C=O) groups is 1. The van der Waals surface area contributed by atoms with Gasteiger partial charge in [-0.25, -0.2) is 8.78 Å². The highest BCUT2D eigenvalue weighted by atomic mass is 19.1. The summed E-state index contributed by atoms with van der Waals surface area (Å²) >= 11 is 0. The molecule has 2 aromatic carbocycles. The zero-order chi connectivity index (χ0) is 18.7. The van der Waals surface area contributed by atoms with Crippen LogP contribution in [0.25, 0.3) is 11.4 Å². The number of benzene rings is 2. The molecule has 134 valence electrons. The molecule has 0 spiro atoms. The van der Waals surface area contributed by atoms with E-state index in [1.807, 2.05) is 13.8 Å². The lowest BCUT2D eigenvalue weighted by Gasteiger charge is -2.18. The molecule has 0 aliphatic heterocycles. The first-order valence-corrected chi connectivity index (χ1v) is 8.06. The van der Waals surface area contributed by atoms with Crippen LogP contribution >= 0.6 is 0 Å². The molecule has 1 heterocycles. The van der Waals surface area contributed by atoms with Gasteiger partial charge in [0.2, 0.25) is 5.82 Å². The SMILES string of the molecule is CC(C)C(C(=O)Nc1ccccc1F)n1nnc(-c2cccc(F)c2)n1. The van der Waals surface area contributed by atoms with Gasteiger partial charge in [0.15, 0.2) is 6.04 Å². The molecule has 6 nitrogen and oxygen atoms in total. The van der Waals surface area contributed by atoms with Crippen LogP contribution in [-0.2, 0) is 4.79 Å². The van der Waals surface area contributed by atoms with E-state index in [0.717, 1.165) is 0 Å². The second-order valence-corrected chi connectivity index (χ2v) is 6.10. The smallest absolute Gasteiger partial charge is 0.251 e. The van der Waals surface area contributed by atoms with Crippen LogP contribution in [0.15, 0.2) is 48.5 Å². The highest BCUT2D eigenvalue weighted by Crippen LogP contribution is 2.22. The van der Waals surface area contributed by atoms with Crippen LogP contribution < -0.4 is 5.32 Å². The van der Waals surface area contributed by atoms with Gasteiger partial charge in [0, 0.05) is 5.56 Å². The van der Waals surface area contributed by atoms with Crippen molar-refractivity contribution in [3.63, 3.8) is 0 Å². The summed E-state index contributed by atoms with van der Waals surface area (Å²) in [5.41, 5.74) is 0.530. The van der Waals surface area contributed by atoms with Gasteiger partial charge in [0.1, 0.15) is 11.6 Å². The van der Waals surface area contributed by atoms with E-state index in [1.54, 1.807) is 12.1 Å². The Morgan fingerprint density at radius 1 is 1.12 bits per heavy atom. The monoisotopic (exact) mass is 357 g/mol. The van der Waals surface area contributed by atoms with Gasteiger partial charge in [-0.2, -0.15) is 4.80 Å². The van der Waals surface area contributed by atoms with Crippen molar-refractivity contribution >= 4 is 11.6 Å². The number of halogens is 2. The van der Waals surface area contributed by atoms with E-state index in [0.29, 0.717) is 5.56 Å². The number of hydrogen-bond donors (Lipinski definition) is 1. The number of anilines is 1. The largest absolute Gasteiger partial charge is 0.322 e. The third-order valence-corrected chi connectivity index (χ3v) is 3.79. The molecule has 1 unspecified atom stereocenters. The fourth-order valence-corrected chi connectivity index (χ4v) is 2.53. The lowest BCUT2D eigenvalue weighted by molar-refractivity contribution is -0.121. The Balaban J connectivity index is 1.87. The van der Waals surface area contributed by atoms with Crippen molar-refractivity contribution < 1.29 is 13.6 Å². The van der Waals surface area contributed by atoms with Crippen molar-refractivity contribution in [2.45, 2.75) is 19.9 Å². The van der Waals surface area contributed by atoms with Crippen molar-refractivity contribution in [2.75, 3.05) is 5.32 Å². The highest BCUT2D eigenvalue weighted by molar-refractivity contribution is 5.93. The van der Waals surface area contributed by atoms with Crippen molar-refractivity contribution in [1.29, 1.82) is 0 Å². The van der Waals surface area contributed by atoms with Crippen molar-refractivity contribution in [1.82, 2.24) is 20.2 Å². The predicted molar refractivity (Wildman–Crippen MR) is 92.1 cm³/mol. The minimum Gasteiger partial charge on any atom is -0.322 e. The van der Waals surface area contributed by atoms with Gasteiger partial charge in [-0.15, -0.1) is 10.2 Å². The van der Waals surface area contributed by atoms with E-state index in [2.05, 4.69) is 20.7 Å². The van der Waals surface area contributed by atoms with Crippen LogP contribution in [0.5, 0.6) is 0 Å². The number of nitrogens with zero attached hydrogens (tertiary/aromatic N) is 4. The Hall–Kier alpha value is -3.16. The molecular weight excluding hydrogens is 340 g/mol. The second kappa shape index (κ2) is 7.38. The van der Waals surface area contributed by atoms with Gasteiger partial charge in [-0.1, -0.05) is 38.1 Å². The number of aromatic nitrogens is 4. The molecule has 1 N–H and O–H groups in total. The molecule has 8 heteroatoms. The molecule has 0 bridgehead atoms. The Bertz CT molecular complexity index is 925. The minimum absolute atomic E-state index is 0.0774. The van der Waals surface area contributed by atoms with E-state index in [-0.39, 0.29) is 17.4 Å². The van der Waals surface area contributed by atoms with Crippen LogP contribution in [0.2, 0.25) is 0 Å². The van der Waals surface area contributed by atoms with Gasteiger partial charge in [-0.05, 0) is 35.4 Å². The molecule has 0 saturated carbocycles. The number of carbonyl (C=O) groups excluding carboxylic acids is 1. The summed E-state index contributed by atoms with van der Waals surface area (Å²) < 4.78 is 27.2. The molecule has 26 heavy (non-hydrogen) atoms. The Labute approximate surface area is 148 Å². The number of hydrogen-bond acceptors (Lipinski definition) is 4. The minimum atomic E-state index is -0.801. The van der Waals surface area contributed by atoms with Crippen molar-refractivity contribution in [3.05, 3.63) is 60.2 Å². The van der Waals surface area contributed by atoms with Crippen LogP contribution in [0.4, 0.5) is 14.5 Å².